The quantitative estimate of drug-likeness (QED) is 0.620. The minimum absolute atomic E-state index is 0.135. The summed E-state index contributed by atoms with van der Waals surface area (Å²) in [5.74, 6) is -0.499. The maximum Gasteiger partial charge on any atom is 0.293 e. The van der Waals surface area contributed by atoms with Gasteiger partial charge in [-0.05, 0) is 45.8 Å². The van der Waals surface area contributed by atoms with Gasteiger partial charge in [0.1, 0.15) is 0 Å². The van der Waals surface area contributed by atoms with E-state index in [4.69, 9.17) is 0 Å². The van der Waals surface area contributed by atoms with Crippen LogP contribution in [0, 0.1) is 0 Å². The molecule has 1 saturated heterocycles. The fourth-order valence-electron chi connectivity index (χ4n) is 3.29. The molecule has 150 valence electrons. The van der Waals surface area contributed by atoms with Crippen molar-refractivity contribution < 1.29 is 14.4 Å². The lowest BCUT2D eigenvalue weighted by Gasteiger charge is -2.13. The van der Waals surface area contributed by atoms with E-state index in [2.05, 4.69) is 10.3 Å². The summed E-state index contributed by atoms with van der Waals surface area (Å²) in [5.41, 5.74) is 1.70. The number of benzene rings is 2. The first kappa shape index (κ1) is 19.8. The molecule has 7 heteroatoms. The van der Waals surface area contributed by atoms with Gasteiger partial charge in [0.2, 0.25) is 5.91 Å². The number of rotatable bonds is 6. The highest BCUT2D eigenvalue weighted by atomic mass is 32.2. The maximum absolute atomic E-state index is 12.5. The molecule has 1 aromatic heterocycles. The minimum Gasteiger partial charge on any atom is -0.354 e. The molecule has 3 amide bonds. The number of pyridine rings is 1. The van der Waals surface area contributed by atoms with Gasteiger partial charge >= 0.3 is 0 Å². The Hall–Kier alpha value is -3.45. The van der Waals surface area contributed by atoms with Crippen LogP contribution in [-0.2, 0) is 16.0 Å². The highest BCUT2D eigenvalue weighted by Crippen LogP contribution is 2.31. The van der Waals surface area contributed by atoms with Gasteiger partial charge in [-0.15, -0.1) is 0 Å². The molecule has 4 rings (SSSR count). The van der Waals surface area contributed by atoms with Crippen LogP contribution in [0.1, 0.15) is 11.1 Å². The van der Waals surface area contributed by atoms with E-state index in [1.165, 1.54) is 0 Å². The van der Waals surface area contributed by atoms with Crippen LogP contribution in [0.5, 0.6) is 0 Å². The van der Waals surface area contributed by atoms with Gasteiger partial charge in [-0.1, -0.05) is 48.5 Å². The summed E-state index contributed by atoms with van der Waals surface area (Å²) in [7, 11) is 0. The molecule has 3 aromatic rings. The summed E-state index contributed by atoms with van der Waals surface area (Å²) in [6.07, 6.45) is 5.16. The highest BCUT2D eigenvalue weighted by molar-refractivity contribution is 8.18. The zero-order valence-electron chi connectivity index (χ0n) is 16.1. The van der Waals surface area contributed by atoms with Crippen molar-refractivity contribution in [1.82, 2.24) is 15.2 Å². The second kappa shape index (κ2) is 8.92. The fourth-order valence-corrected chi connectivity index (χ4v) is 4.16. The molecule has 0 aliphatic carbocycles. The largest absolute Gasteiger partial charge is 0.354 e. The lowest BCUT2D eigenvalue weighted by atomic mass is 10.0. The Kier molecular flexibility index (Phi) is 5.90. The first-order valence-corrected chi connectivity index (χ1v) is 10.3. The van der Waals surface area contributed by atoms with E-state index in [0.29, 0.717) is 4.91 Å². The van der Waals surface area contributed by atoms with Crippen LogP contribution >= 0.6 is 11.8 Å². The van der Waals surface area contributed by atoms with Gasteiger partial charge in [0.05, 0.1) is 11.3 Å². The van der Waals surface area contributed by atoms with E-state index in [9.17, 15) is 14.4 Å². The van der Waals surface area contributed by atoms with E-state index in [0.717, 1.165) is 38.6 Å². The molecule has 2 aromatic carbocycles. The van der Waals surface area contributed by atoms with Crippen LogP contribution in [0.2, 0.25) is 0 Å². The van der Waals surface area contributed by atoms with Crippen LogP contribution < -0.4 is 5.32 Å². The molecule has 0 radical (unpaired) electrons. The maximum atomic E-state index is 12.5. The molecule has 1 fully saturated rings. The van der Waals surface area contributed by atoms with E-state index in [-0.39, 0.29) is 36.6 Å². The van der Waals surface area contributed by atoms with Crippen molar-refractivity contribution in [2.75, 3.05) is 13.1 Å². The average Bonchev–Trinajstić information content (AvgIpc) is 3.02. The van der Waals surface area contributed by atoms with Gasteiger partial charge in [-0.2, -0.15) is 0 Å². The number of hydrogen-bond acceptors (Lipinski definition) is 5. The topological polar surface area (TPSA) is 79.4 Å². The summed E-state index contributed by atoms with van der Waals surface area (Å²) >= 11 is 0.898. The first-order valence-electron chi connectivity index (χ1n) is 9.50. The molecule has 0 bridgehead atoms. The lowest BCUT2D eigenvalue weighted by molar-refractivity contribution is -0.124. The number of nitrogens with zero attached hydrogens (tertiary/aromatic N) is 2. The van der Waals surface area contributed by atoms with Crippen molar-refractivity contribution in [1.29, 1.82) is 0 Å². The van der Waals surface area contributed by atoms with Gasteiger partial charge in [0.25, 0.3) is 11.1 Å². The summed E-state index contributed by atoms with van der Waals surface area (Å²) in [6, 6.07) is 17.4. The number of thioether (sulfide) groups is 1. The Morgan fingerprint density at radius 1 is 1.07 bits per heavy atom. The first-order chi connectivity index (χ1) is 14.6. The zero-order chi connectivity index (χ0) is 20.9. The van der Waals surface area contributed by atoms with Crippen LogP contribution in [0.4, 0.5) is 4.79 Å². The predicted octanol–water partition coefficient (Wildman–Crippen LogP) is 3.63. The third-order valence-electron chi connectivity index (χ3n) is 4.74. The average molecular weight is 417 g/mol. The van der Waals surface area contributed by atoms with Gasteiger partial charge in [-0.3, -0.25) is 24.3 Å². The van der Waals surface area contributed by atoms with E-state index >= 15 is 0 Å². The molecule has 0 saturated carbocycles. The Labute approximate surface area is 178 Å². The summed E-state index contributed by atoms with van der Waals surface area (Å²) in [4.78, 5) is 42.6. The number of carbonyl (C=O) groups excluding carboxylic acids is 3. The number of nitrogens with one attached hydrogen (secondary N) is 1. The molecule has 1 aliphatic rings. The van der Waals surface area contributed by atoms with E-state index in [1.807, 2.05) is 48.5 Å². The predicted molar refractivity (Wildman–Crippen MR) is 118 cm³/mol. The summed E-state index contributed by atoms with van der Waals surface area (Å²) in [6.45, 7) is 0.345. The second-order valence-electron chi connectivity index (χ2n) is 6.78. The van der Waals surface area contributed by atoms with Crippen molar-refractivity contribution in [2.45, 2.75) is 6.42 Å². The number of aromatic nitrogens is 1. The number of imide groups is 1. The second-order valence-corrected chi connectivity index (χ2v) is 7.78. The monoisotopic (exact) mass is 417 g/mol. The van der Waals surface area contributed by atoms with Gasteiger partial charge in [-0.25, -0.2) is 0 Å². The van der Waals surface area contributed by atoms with Crippen LogP contribution in [0.15, 0.2) is 71.9 Å². The molecule has 1 N–H and O–H groups in total. The Balaban J connectivity index is 1.34. The van der Waals surface area contributed by atoms with Crippen LogP contribution in [0.3, 0.4) is 0 Å². The molecular weight excluding hydrogens is 398 g/mol. The summed E-state index contributed by atoms with van der Waals surface area (Å²) < 4.78 is 0. The van der Waals surface area contributed by atoms with E-state index in [1.54, 1.807) is 24.5 Å². The lowest BCUT2D eigenvalue weighted by Crippen LogP contribution is -2.37. The standard InChI is InChI=1S/C23H19N3O3S/c27-21(14-18-8-3-7-17-6-1-2-9-19(17)18)25-11-12-26-22(28)20(30-23(26)29)13-16-5-4-10-24-15-16/h1-10,13,15H,11-12,14H2,(H,25,27)/b20-13+. The molecule has 30 heavy (non-hydrogen) atoms. The van der Waals surface area contributed by atoms with Crippen LogP contribution in [-0.4, -0.2) is 40.0 Å². The summed E-state index contributed by atoms with van der Waals surface area (Å²) in [5, 5.41) is 4.60. The van der Waals surface area contributed by atoms with Crippen molar-refractivity contribution in [3.63, 3.8) is 0 Å². The SMILES string of the molecule is O=C(Cc1cccc2ccccc12)NCCN1C(=O)S/C(=C/c2cccnc2)C1=O. The number of fused-ring (bicyclic) bond motifs is 1. The van der Waals surface area contributed by atoms with Gasteiger partial charge in [0, 0.05) is 25.5 Å². The molecule has 0 unspecified atom stereocenters. The Morgan fingerprint density at radius 2 is 1.90 bits per heavy atom. The number of hydrogen-bond donors (Lipinski definition) is 1. The smallest absolute Gasteiger partial charge is 0.293 e. The van der Waals surface area contributed by atoms with Crippen LogP contribution in [0.25, 0.3) is 16.8 Å². The van der Waals surface area contributed by atoms with Crippen molar-refractivity contribution >= 4 is 45.7 Å². The van der Waals surface area contributed by atoms with Crippen molar-refractivity contribution in [2.24, 2.45) is 0 Å². The molecule has 6 nitrogen and oxygen atoms in total. The zero-order valence-corrected chi connectivity index (χ0v) is 16.9. The molecule has 0 atom stereocenters. The number of amides is 3. The Bertz CT molecular complexity index is 1140. The molecule has 2 heterocycles. The van der Waals surface area contributed by atoms with Gasteiger partial charge in [0.15, 0.2) is 0 Å². The third-order valence-corrected chi connectivity index (χ3v) is 5.65. The fraction of sp³-hybridized carbons (Fsp3) is 0.130. The molecular formula is C23H19N3O3S. The van der Waals surface area contributed by atoms with Crippen molar-refractivity contribution in [3.05, 3.63) is 83.0 Å². The number of carbonyl (C=O) groups is 3. The molecule has 1 aliphatic heterocycles. The normalized spacial score (nSPS) is 15.2. The molecule has 0 spiro atoms. The van der Waals surface area contributed by atoms with Gasteiger partial charge < -0.3 is 5.32 Å². The van der Waals surface area contributed by atoms with Crippen molar-refractivity contribution in [3.8, 4) is 0 Å². The minimum atomic E-state index is -0.350. The Morgan fingerprint density at radius 3 is 2.73 bits per heavy atom. The highest BCUT2D eigenvalue weighted by Gasteiger charge is 2.34. The third kappa shape index (κ3) is 4.41. The van der Waals surface area contributed by atoms with E-state index < -0.39 is 0 Å².